The summed E-state index contributed by atoms with van der Waals surface area (Å²) in [5.41, 5.74) is 5.22. The number of hydrogen-bond acceptors (Lipinski definition) is 3. The Bertz CT molecular complexity index is 1290. The summed E-state index contributed by atoms with van der Waals surface area (Å²) in [5, 5.41) is 4.21. The number of rotatable bonds is 5. The first-order chi connectivity index (χ1) is 16.2. The molecule has 0 radical (unpaired) electrons. The number of benzene rings is 2. The lowest BCUT2D eigenvalue weighted by molar-refractivity contribution is -0.128. The van der Waals surface area contributed by atoms with E-state index in [4.69, 9.17) is 4.98 Å². The zero-order chi connectivity index (χ0) is 24.6. The molecule has 2 aromatic carbocycles. The van der Waals surface area contributed by atoms with Crippen molar-refractivity contribution < 1.29 is 18.0 Å². The highest BCUT2D eigenvalue weighted by atomic mass is 19.3. The predicted molar refractivity (Wildman–Crippen MR) is 129 cm³/mol. The summed E-state index contributed by atoms with van der Waals surface area (Å²) < 4.78 is 41.2. The molecule has 1 aliphatic rings. The van der Waals surface area contributed by atoms with Gasteiger partial charge in [0.05, 0.1) is 17.1 Å². The summed E-state index contributed by atoms with van der Waals surface area (Å²) in [6, 6.07) is 9.61. The Morgan fingerprint density at radius 3 is 2.53 bits per heavy atom. The number of aromatic nitrogens is 1. The van der Waals surface area contributed by atoms with Crippen LogP contribution in [0.2, 0.25) is 0 Å². The summed E-state index contributed by atoms with van der Waals surface area (Å²) in [4.78, 5) is 18.2. The van der Waals surface area contributed by atoms with Crippen LogP contribution in [0.15, 0.2) is 42.5 Å². The van der Waals surface area contributed by atoms with Crippen molar-refractivity contribution in [1.29, 1.82) is 0 Å². The molecule has 178 valence electrons. The third-order valence-corrected chi connectivity index (χ3v) is 6.39. The van der Waals surface area contributed by atoms with Gasteiger partial charge >= 0.3 is 0 Å². The van der Waals surface area contributed by atoms with E-state index in [1.54, 1.807) is 18.7 Å². The maximum atomic E-state index is 14.8. The van der Waals surface area contributed by atoms with Crippen LogP contribution in [0.4, 0.5) is 18.9 Å². The molecule has 34 heavy (non-hydrogen) atoms. The van der Waals surface area contributed by atoms with E-state index in [-0.39, 0.29) is 11.5 Å². The SMILES string of the molecule is CC(=O)N1CC=C(c2cc(C)c3nc(C)cc(NC(C)c4cccc(C(F)F)c4F)c3c2)CC1. The largest absolute Gasteiger partial charge is 0.378 e. The molecule has 1 unspecified atom stereocenters. The van der Waals surface area contributed by atoms with Crippen LogP contribution in [0, 0.1) is 19.7 Å². The summed E-state index contributed by atoms with van der Waals surface area (Å²) in [5.74, 6) is -0.819. The molecule has 0 aliphatic carbocycles. The first-order valence-electron chi connectivity index (χ1n) is 11.4. The van der Waals surface area contributed by atoms with Gasteiger partial charge in [-0.3, -0.25) is 9.78 Å². The van der Waals surface area contributed by atoms with Crippen molar-refractivity contribution in [3.8, 4) is 0 Å². The molecule has 0 saturated heterocycles. The van der Waals surface area contributed by atoms with Crippen molar-refractivity contribution in [2.45, 2.75) is 46.6 Å². The highest BCUT2D eigenvalue weighted by molar-refractivity contribution is 5.96. The molecule has 1 N–H and O–H groups in total. The number of nitrogens with zero attached hydrogens (tertiary/aromatic N) is 2. The summed E-state index contributed by atoms with van der Waals surface area (Å²) in [6.07, 6.45) is -0.0353. The third kappa shape index (κ3) is 4.65. The molecule has 4 rings (SSSR count). The Kier molecular flexibility index (Phi) is 6.64. The van der Waals surface area contributed by atoms with Gasteiger partial charge in [0.25, 0.3) is 6.43 Å². The van der Waals surface area contributed by atoms with Gasteiger partial charge in [-0.15, -0.1) is 0 Å². The lowest BCUT2D eigenvalue weighted by Gasteiger charge is -2.26. The van der Waals surface area contributed by atoms with E-state index in [2.05, 4.69) is 23.5 Å². The molecule has 1 aromatic heterocycles. The van der Waals surface area contributed by atoms with Crippen LogP contribution >= 0.6 is 0 Å². The van der Waals surface area contributed by atoms with Gasteiger partial charge in [-0.05, 0) is 62.1 Å². The topological polar surface area (TPSA) is 45.2 Å². The van der Waals surface area contributed by atoms with E-state index < -0.39 is 23.8 Å². The summed E-state index contributed by atoms with van der Waals surface area (Å²) in [7, 11) is 0. The minimum atomic E-state index is -2.87. The molecule has 2 heterocycles. The van der Waals surface area contributed by atoms with Crippen molar-refractivity contribution in [3.63, 3.8) is 0 Å². The average molecular weight is 468 g/mol. The van der Waals surface area contributed by atoms with Crippen LogP contribution in [-0.2, 0) is 4.79 Å². The molecule has 7 heteroatoms. The number of carbonyl (C=O) groups is 1. The van der Waals surface area contributed by atoms with E-state index >= 15 is 0 Å². The van der Waals surface area contributed by atoms with Gasteiger partial charge in [0.1, 0.15) is 5.82 Å². The van der Waals surface area contributed by atoms with Crippen LogP contribution in [0.3, 0.4) is 0 Å². The zero-order valence-corrected chi connectivity index (χ0v) is 19.8. The molecule has 0 saturated carbocycles. The highest BCUT2D eigenvalue weighted by Gasteiger charge is 2.21. The molecule has 0 bridgehead atoms. The van der Waals surface area contributed by atoms with Gasteiger partial charge in [-0.1, -0.05) is 24.3 Å². The number of anilines is 1. The Labute approximate surface area is 197 Å². The molecule has 3 aromatic rings. The normalized spacial score (nSPS) is 14.9. The van der Waals surface area contributed by atoms with E-state index in [1.165, 1.54) is 12.1 Å². The Morgan fingerprint density at radius 2 is 1.88 bits per heavy atom. The zero-order valence-electron chi connectivity index (χ0n) is 19.8. The molecule has 1 aliphatic heterocycles. The Balaban J connectivity index is 1.73. The smallest absolute Gasteiger partial charge is 0.266 e. The van der Waals surface area contributed by atoms with Crippen LogP contribution in [-0.4, -0.2) is 28.9 Å². The number of alkyl halides is 2. The molecule has 4 nitrogen and oxygen atoms in total. The second-order valence-electron chi connectivity index (χ2n) is 8.86. The number of halogens is 3. The Hall–Kier alpha value is -3.35. The lowest BCUT2D eigenvalue weighted by atomic mass is 9.95. The molecular weight excluding hydrogens is 439 g/mol. The fraction of sp³-hybridized carbons (Fsp3) is 0.333. The van der Waals surface area contributed by atoms with Crippen molar-refractivity contribution in [2.24, 2.45) is 0 Å². The summed E-state index contributed by atoms with van der Waals surface area (Å²) >= 11 is 0. The maximum Gasteiger partial charge on any atom is 0.266 e. The van der Waals surface area contributed by atoms with E-state index in [0.29, 0.717) is 13.1 Å². The number of hydrogen-bond donors (Lipinski definition) is 1. The minimum absolute atomic E-state index is 0.0632. The highest BCUT2D eigenvalue weighted by Crippen LogP contribution is 2.34. The molecule has 1 amide bonds. The van der Waals surface area contributed by atoms with Crippen LogP contribution in [0.1, 0.15) is 60.7 Å². The van der Waals surface area contributed by atoms with Gasteiger partial charge in [0, 0.05) is 42.3 Å². The van der Waals surface area contributed by atoms with Crippen molar-refractivity contribution >= 4 is 28.1 Å². The van der Waals surface area contributed by atoms with Crippen LogP contribution in [0.25, 0.3) is 16.5 Å². The van der Waals surface area contributed by atoms with Gasteiger partial charge in [0.15, 0.2) is 0 Å². The van der Waals surface area contributed by atoms with Crippen molar-refractivity contribution in [2.75, 3.05) is 18.4 Å². The van der Waals surface area contributed by atoms with Gasteiger partial charge < -0.3 is 10.2 Å². The molecular formula is C27H28F3N3O. The third-order valence-electron chi connectivity index (χ3n) is 6.39. The van der Waals surface area contributed by atoms with Crippen molar-refractivity contribution in [3.05, 3.63) is 76.2 Å². The quantitative estimate of drug-likeness (QED) is 0.452. The maximum absolute atomic E-state index is 14.8. The predicted octanol–water partition coefficient (Wildman–Crippen LogP) is 6.74. The fourth-order valence-corrected chi connectivity index (χ4v) is 4.53. The standard InChI is InChI=1S/C27H28F3N3O/c1-15-12-20(19-8-10-33(11-9-19)18(4)34)14-23-24(13-16(2)31-26(15)23)32-17(3)21-6-5-7-22(25(21)28)27(29)30/h5-8,12-14,17,27H,9-11H2,1-4H3,(H,31,32). The molecule has 0 fully saturated rings. The van der Waals surface area contributed by atoms with E-state index in [9.17, 15) is 18.0 Å². The fourth-order valence-electron chi connectivity index (χ4n) is 4.53. The number of nitrogens with one attached hydrogen (secondary N) is 1. The number of carbonyl (C=O) groups excluding carboxylic acids is 1. The number of fused-ring (bicyclic) bond motifs is 1. The number of pyridine rings is 1. The summed E-state index contributed by atoms with van der Waals surface area (Å²) in [6.45, 7) is 8.48. The second kappa shape index (κ2) is 9.49. The van der Waals surface area contributed by atoms with E-state index in [1.807, 2.05) is 19.9 Å². The Morgan fingerprint density at radius 1 is 1.15 bits per heavy atom. The molecule has 1 atom stereocenters. The van der Waals surface area contributed by atoms with Gasteiger partial charge in [-0.2, -0.15) is 0 Å². The van der Waals surface area contributed by atoms with E-state index in [0.717, 1.165) is 51.5 Å². The molecule has 0 spiro atoms. The van der Waals surface area contributed by atoms with Gasteiger partial charge in [-0.25, -0.2) is 13.2 Å². The minimum Gasteiger partial charge on any atom is -0.378 e. The first-order valence-corrected chi connectivity index (χ1v) is 11.4. The number of amides is 1. The number of aryl methyl sites for hydroxylation is 2. The monoisotopic (exact) mass is 467 g/mol. The average Bonchev–Trinajstić information content (AvgIpc) is 2.79. The lowest BCUT2D eigenvalue weighted by Crippen LogP contribution is -2.32. The second-order valence-corrected chi connectivity index (χ2v) is 8.86. The van der Waals surface area contributed by atoms with Crippen LogP contribution < -0.4 is 5.32 Å². The van der Waals surface area contributed by atoms with Gasteiger partial charge in [0.2, 0.25) is 5.91 Å². The van der Waals surface area contributed by atoms with Crippen LogP contribution in [0.5, 0.6) is 0 Å². The first kappa shape index (κ1) is 23.8. The van der Waals surface area contributed by atoms with Crippen molar-refractivity contribution in [1.82, 2.24) is 9.88 Å².